The Balaban J connectivity index is 1.45. The molecule has 1 N–H and O–H groups in total. The maximum Gasteiger partial charge on any atom is 0.343 e. The number of ether oxygens (including phenoxy) is 1. The van der Waals surface area contributed by atoms with Crippen LogP contribution in [0.1, 0.15) is 56.3 Å². The van der Waals surface area contributed by atoms with Crippen molar-refractivity contribution in [1.29, 1.82) is 0 Å². The Kier molecular flexibility index (Phi) is 7.21. The first-order valence-corrected chi connectivity index (χ1v) is 12.1. The van der Waals surface area contributed by atoms with Gasteiger partial charge in [0.15, 0.2) is 11.7 Å². The number of aliphatic hydroxyl groups is 1. The molecular weight excluding hydrogens is 402 g/mol. The molecule has 6 nitrogen and oxygen atoms in total. The quantitative estimate of drug-likeness (QED) is 0.528. The van der Waals surface area contributed by atoms with Gasteiger partial charge < -0.3 is 14.3 Å². The minimum atomic E-state index is -1.57. The summed E-state index contributed by atoms with van der Waals surface area (Å²) in [5, 5.41) is 11.8. The highest BCUT2D eigenvalue weighted by Crippen LogP contribution is 2.41. The molecule has 2 heterocycles. The molecule has 32 heavy (non-hydrogen) atoms. The van der Waals surface area contributed by atoms with Gasteiger partial charge in [0.1, 0.15) is 12.4 Å². The van der Waals surface area contributed by atoms with E-state index in [4.69, 9.17) is 4.74 Å². The summed E-state index contributed by atoms with van der Waals surface area (Å²) >= 11 is 0. The van der Waals surface area contributed by atoms with Crippen LogP contribution < -0.4 is 0 Å². The number of hydrogen-bond acceptors (Lipinski definition) is 5. The molecule has 1 saturated carbocycles. The molecule has 172 valence electrons. The van der Waals surface area contributed by atoms with E-state index in [2.05, 4.69) is 17.0 Å². The summed E-state index contributed by atoms with van der Waals surface area (Å²) in [6, 6.07) is 11.2. The van der Waals surface area contributed by atoms with Crippen molar-refractivity contribution in [3.8, 4) is 0 Å². The maximum absolute atomic E-state index is 13.5. The second-order valence-electron chi connectivity index (χ2n) is 9.80. The predicted octanol–water partition coefficient (Wildman–Crippen LogP) is 3.64. The van der Waals surface area contributed by atoms with Gasteiger partial charge in [-0.25, -0.2) is 14.8 Å². The lowest BCUT2D eigenvalue weighted by Gasteiger charge is -2.42. The lowest BCUT2D eigenvalue weighted by Crippen LogP contribution is -2.56. The summed E-state index contributed by atoms with van der Waals surface area (Å²) < 4.78 is 6.90. The van der Waals surface area contributed by atoms with Crippen molar-refractivity contribution in [2.45, 2.75) is 63.1 Å². The number of nitrogens with zero attached hydrogens (tertiary/aromatic N) is 3. The second-order valence-corrected chi connectivity index (χ2v) is 9.80. The monoisotopic (exact) mass is 438 g/mol. The van der Waals surface area contributed by atoms with Crippen LogP contribution in [0.4, 0.5) is 0 Å². The minimum Gasteiger partial charge on any atom is -0.454 e. The first-order valence-electron chi connectivity index (χ1n) is 12.1. The van der Waals surface area contributed by atoms with Crippen molar-refractivity contribution >= 4 is 5.97 Å². The van der Waals surface area contributed by atoms with Crippen LogP contribution in [0.2, 0.25) is 0 Å². The van der Waals surface area contributed by atoms with E-state index in [0.717, 1.165) is 74.9 Å². The molecule has 2 unspecified atom stereocenters. The number of quaternary nitrogens is 1. The third-order valence-corrected chi connectivity index (χ3v) is 7.36. The molecule has 6 heteroatoms. The molecule has 1 saturated heterocycles. The van der Waals surface area contributed by atoms with Gasteiger partial charge in [-0.05, 0) is 30.9 Å². The Morgan fingerprint density at radius 2 is 1.78 bits per heavy atom. The summed E-state index contributed by atoms with van der Waals surface area (Å²) in [5.74, 6) is 0.285. The van der Waals surface area contributed by atoms with Crippen molar-refractivity contribution in [2.24, 2.45) is 5.92 Å². The van der Waals surface area contributed by atoms with Crippen molar-refractivity contribution in [3.63, 3.8) is 0 Å². The normalized spacial score (nSPS) is 26.2. The number of likely N-dealkylation sites (N-methyl/N-ethyl adjacent to an activating group) is 1. The standard InChI is InChI=1S/C26H36N3O3/c1-29(19-15-24-27-16-9-17-28-24)18-8-14-23(20-29)32-25(30)26(31,21-10-4-2-5-11-21)22-12-6-3-7-13-22/h2,4-5,9-11,16-17,22-23,31H,3,6-8,12-15,18-20H2,1H3/q+1/t23?,26-,29?/m0/s1. The highest BCUT2D eigenvalue weighted by atomic mass is 16.6. The molecule has 3 atom stereocenters. The van der Waals surface area contributed by atoms with E-state index in [1.54, 1.807) is 12.4 Å². The van der Waals surface area contributed by atoms with E-state index in [1.807, 2.05) is 36.4 Å². The van der Waals surface area contributed by atoms with Gasteiger partial charge in [0.25, 0.3) is 0 Å². The van der Waals surface area contributed by atoms with E-state index in [9.17, 15) is 9.90 Å². The fourth-order valence-electron chi connectivity index (χ4n) is 5.48. The van der Waals surface area contributed by atoms with Crippen LogP contribution in [-0.4, -0.2) is 58.3 Å². The van der Waals surface area contributed by atoms with Gasteiger partial charge >= 0.3 is 5.97 Å². The van der Waals surface area contributed by atoms with E-state index >= 15 is 0 Å². The van der Waals surface area contributed by atoms with E-state index in [-0.39, 0.29) is 12.0 Å². The van der Waals surface area contributed by atoms with Gasteiger partial charge in [-0.1, -0.05) is 49.6 Å². The van der Waals surface area contributed by atoms with Crippen LogP contribution in [0.15, 0.2) is 48.8 Å². The van der Waals surface area contributed by atoms with Crippen LogP contribution in [0.3, 0.4) is 0 Å². The van der Waals surface area contributed by atoms with Crippen LogP contribution >= 0.6 is 0 Å². The molecule has 0 spiro atoms. The first kappa shape index (κ1) is 22.9. The number of rotatable bonds is 7. The SMILES string of the molecule is C[N+]1(CCc2ncccn2)CCCC(OC(=O)[C@](O)(c2ccccc2)C2CCCCC2)C1. The summed E-state index contributed by atoms with van der Waals surface area (Å²) in [4.78, 5) is 22.2. The Bertz CT molecular complexity index is 872. The van der Waals surface area contributed by atoms with Gasteiger partial charge in [0, 0.05) is 24.7 Å². The lowest BCUT2D eigenvalue weighted by molar-refractivity contribution is -0.916. The summed E-state index contributed by atoms with van der Waals surface area (Å²) in [5.41, 5.74) is -0.911. The molecule has 2 fully saturated rings. The number of hydrogen-bond donors (Lipinski definition) is 1. The number of piperidine rings is 1. The van der Waals surface area contributed by atoms with Crippen molar-refractivity contribution < 1.29 is 19.1 Å². The zero-order valence-electron chi connectivity index (χ0n) is 19.2. The minimum absolute atomic E-state index is 0.0918. The molecule has 0 amide bonds. The molecular formula is C26H36N3O3+. The summed E-state index contributed by atoms with van der Waals surface area (Å²) in [6.07, 6.45) is 11.0. The molecule has 1 aromatic carbocycles. The van der Waals surface area contributed by atoms with Crippen molar-refractivity contribution in [3.05, 3.63) is 60.2 Å². The average Bonchev–Trinajstić information content (AvgIpc) is 2.84. The topological polar surface area (TPSA) is 72.3 Å². The molecule has 0 radical (unpaired) electrons. The smallest absolute Gasteiger partial charge is 0.343 e. The fraction of sp³-hybridized carbons (Fsp3) is 0.577. The van der Waals surface area contributed by atoms with Crippen LogP contribution in [0.5, 0.6) is 0 Å². The maximum atomic E-state index is 13.5. The number of carbonyl (C=O) groups excluding carboxylic acids is 1. The number of likely N-dealkylation sites (tertiary alicyclic amines) is 1. The van der Waals surface area contributed by atoms with Gasteiger partial charge in [-0.15, -0.1) is 0 Å². The molecule has 2 aliphatic rings. The van der Waals surface area contributed by atoms with Crippen LogP contribution in [-0.2, 0) is 21.6 Å². The lowest BCUT2D eigenvalue weighted by atomic mass is 9.73. The van der Waals surface area contributed by atoms with E-state index < -0.39 is 11.6 Å². The zero-order chi connectivity index (χ0) is 22.4. The van der Waals surface area contributed by atoms with Crippen molar-refractivity contribution in [1.82, 2.24) is 9.97 Å². The first-order chi connectivity index (χ1) is 15.5. The number of carbonyl (C=O) groups is 1. The van der Waals surface area contributed by atoms with Gasteiger partial charge in [-0.3, -0.25) is 0 Å². The summed E-state index contributed by atoms with van der Waals surface area (Å²) in [7, 11) is 2.22. The van der Waals surface area contributed by atoms with Crippen LogP contribution in [0.25, 0.3) is 0 Å². The Labute approximate surface area is 191 Å². The molecule has 1 aliphatic carbocycles. The fourth-order valence-corrected chi connectivity index (χ4v) is 5.48. The third-order valence-electron chi connectivity index (χ3n) is 7.36. The Hall–Kier alpha value is -2.31. The number of aromatic nitrogens is 2. The van der Waals surface area contributed by atoms with E-state index in [1.165, 1.54) is 6.42 Å². The Morgan fingerprint density at radius 1 is 1.06 bits per heavy atom. The molecule has 0 bridgehead atoms. The second kappa shape index (κ2) is 10.1. The van der Waals surface area contributed by atoms with Crippen molar-refractivity contribution in [2.75, 3.05) is 26.7 Å². The molecule has 1 aliphatic heterocycles. The average molecular weight is 439 g/mol. The molecule has 2 aromatic rings. The largest absolute Gasteiger partial charge is 0.454 e. The van der Waals surface area contributed by atoms with Gasteiger partial charge in [0.05, 0.1) is 26.6 Å². The molecule has 1 aromatic heterocycles. The highest BCUT2D eigenvalue weighted by Gasteiger charge is 2.48. The summed E-state index contributed by atoms with van der Waals surface area (Å²) in [6.45, 7) is 2.71. The zero-order valence-corrected chi connectivity index (χ0v) is 19.2. The van der Waals surface area contributed by atoms with E-state index in [0.29, 0.717) is 5.56 Å². The van der Waals surface area contributed by atoms with Gasteiger partial charge in [-0.2, -0.15) is 0 Å². The number of benzene rings is 1. The Morgan fingerprint density at radius 3 is 2.50 bits per heavy atom. The third kappa shape index (κ3) is 5.18. The number of esters is 1. The van der Waals surface area contributed by atoms with Crippen LogP contribution in [0, 0.1) is 5.92 Å². The highest BCUT2D eigenvalue weighted by molar-refractivity contribution is 5.81. The predicted molar refractivity (Wildman–Crippen MR) is 123 cm³/mol. The molecule has 4 rings (SSSR count). The van der Waals surface area contributed by atoms with Gasteiger partial charge in [0.2, 0.25) is 0 Å².